The van der Waals surface area contributed by atoms with Crippen molar-refractivity contribution in [3.63, 3.8) is 0 Å². The topological polar surface area (TPSA) is 26.0 Å². The van der Waals surface area contributed by atoms with Crippen LogP contribution in [0.4, 0.5) is 0 Å². The zero-order valence-electron chi connectivity index (χ0n) is 11.8. The summed E-state index contributed by atoms with van der Waals surface area (Å²) >= 11 is 0. The minimum atomic E-state index is 0.272. The Morgan fingerprint density at radius 1 is 1.00 bits per heavy atom. The molecule has 1 unspecified atom stereocenters. The molecule has 2 N–H and O–H groups in total. The van der Waals surface area contributed by atoms with Crippen molar-refractivity contribution in [2.24, 2.45) is 28.9 Å². The number of nitrogens with two attached hydrogens (primary N) is 1. The lowest BCUT2D eigenvalue weighted by Gasteiger charge is -2.41. The van der Waals surface area contributed by atoms with Crippen LogP contribution in [0.5, 0.6) is 0 Å². The van der Waals surface area contributed by atoms with Crippen LogP contribution in [0.1, 0.15) is 61.3 Å². The molecule has 1 atom stereocenters. The second kappa shape index (κ2) is 5.89. The second-order valence-corrected chi connectivity index (χ2v) is 6.33. The molecule has 0 fully saturated rings. The van der Waals surface area contributed by atoms with Crippen LogP contribution in [0.25, 0.3) is 0 Å². The summed E-state index contributed by atoms with van der Waals surface area (Å²) in [5.74, 6) is 1.99. The van der Waals surface area contributed by atoms with Crippen LogP contribution < -0.4 is 5.73 Å². The summed E-state index contributed by atoms with van der Waals surface area (Å²) in [4.78, 5) is 0. The summed E-state index contributed by atoms with van der Waals surface area (Å²) in [6.07, 6.45) is 2.45. The predicted molar refractivity (Wildman–Crippen MR) is 69.8 cm³/mol. The van der Waals surface area contributed by atoms with E-state index in [0.29, 0.717) is 23.8 Å². The third-order valence-corrected chi connectivity index (χ3v) is 3.75. The SMILES string of the molecule is CCCC(C)(C)C(N)C(C(C)C)C(C)C. The van der Waals surface area contributed by atoms with Crippen molar-refractivity contribution in [1.82, 2.24) is 0 Å². The van der Waals surface area contributed by atoms with E-state index in [0.717, 1.165) is 0 Å². The van der Waals surface area contributed by atoms with E-state index < -0.39 is 0 Å². The molecule has 0 rings (SSSR count). The number of hydrogen-bond acceptors (Lipinski definition) is 1. The molecule has 0 aliphatic rings. The van der Waals surface area contributed by atoms with E-state index in [2.05, 4.69) is 48.5 Å². The van der Waals surface area contributed by atoms with E-state index in [9.17, 15) is 0 Å². The van der Waals surface area contributed by atoms with Gasteiger partial charge in [0.25, 0.3) is 0 Å². The Morgan fingerprint density at radius 2 is 1.40 bits per heavy atom. The lowest BCUT2D eigenvalue weighted by molar-refractivity contribution is 0.127. The predicted octanol–water partition coefficient (Wildman–Crippen LogP) is 4.07. The molecule has 0 saturated carbocycles. The molecule has 0 aromatic heterocycles. The van der Waals surface area contributed by atoms with Crippen LogP contribution in [0, 0.1) is 23.2 Å². The molecule has 0 aliphatic carbocycles. The van der Waals surface area contributed by atoms with Crippen LogP contribution in [0.2, 0.25) is 0 Å². The summed E-state index contributed by atoms with van der Waals surface area (Å²) in [6, 6.07) is 0.317. The van der Waals surface area contributed by atoms with Crippen LogP contribution >= 0.6 is 0 Å². The summed E-state index contributed by atoms with van der Waals surface area (Å²) in [5, 5.41) is 0. The fourth-order valence-corrected chi connectivity index (χ4v) is 2.93. The van der Waals surface area contributed by atoms with Gasteiger partial charge in [-0.1, -0.05) is 54.9 Å². The minimum Gasteiger partial charge on any atom is -0.327 e. The third-order valence-electron chi connectivity index (χ3n) is 3.75. The first-order chi connectivity index (χ1) is 6.74. The van der Waals surface area contributed by atoms with Gasteiger partial charge < -0.3 is 5.73 Å². The van der Waals surface area contributed by atoms with Crippen molar-refractivity contribution in [3.8, 4) is 0 Å². The van der Waals surface area contributed by atoms with E-state index in [1.807, 2.05) is 0 Å². The standard InChI is InChI=1S/C14H31N/c1-8-9-14(6,7)13(15)12(10(2)3)11(4)5/h10-13H,8-9,15H2,1-7H3. The van der Waals surface area contributed by atoms with Crippen molar-refractivity contribution >= 4 is 0 Å². The molecule has 0 saturated heterocycles. The first-order valence-electron chi connectivity index (χ1n) is 6.49. The molecule has 0 radical (unpaired) electrons. The zero-order chi connectivity index (χ0) is 12.2. The molecule has 15 heavy (non-hydrogen) atoms. The monoisotopic (exact) mass is 213 g/mol. The molecule has 0 bridgehead atoms. The maximum Gasteiger partial charge on any atom is 0.0124 e. The molecule has 92 valence electrons. The molecule has 0 aromatic rings. The minimum absolute atomic E-state index is 0.272. The highest BCUT2D eigenvalue weighted by Gasteiger charge is 2.35. The lowest BCUT2D eigenvalue weighted by atomic mass is 9.68. The van der Waals surface area contributed by atoms with E-state index in [1.54, 1.807) is 0 Å². The molecule has 1 heteroatoms. The summed E-state index contributed by atoms with van der Waals surface area (Å²) in [7, 11) is 0. The third kappa shape index (κ3) is 4.14. The Labute approximate surface area is 96.8 Å². The maximum absolute atomic E-state index is 6.48. The van der Waals surface area contributed by atoms with E-state index >= 15 is 0 Å². The first kappa shape index (κ1) is 15.0. The van der Waals surface area contributed by atoms with Crippen LogP contribution in [0.3, 0.4) is 0 Å². The molecular formula is C14H31N. The quantitative estimate of drug-likeness (QED) is 0.707. The normalized spacial score (nSPS) is 15.4. The van der Waals surface area contributed by atoms with Gasteiger partial charge in [-0.3, -0.25) is 0 Å². The van der Waals surface area contributed by atoms with Crippen molar-refractivity contribution in [3.05, 3.63) is 0 Å². The van der Waals surface area contributed by atoms with Gasteiger partial charge in [-0.05, 0) is 29.6 Å². The first-order valence-corrected chi connectivity index (χ1v) is 6.49. The van der Waals surface area contributed by atoms with Crippen LogP contribution in [-0.2, 0) is 0 Å². The highest BCUT2D eigenvalue weighted by atomic mass is 14.7. The van der Waals surface area contributed by atoms with Gasteiger partial charge in [0.05, 0.1) is 0 Å². The highest BCUT2D eigenvalue weighted by molar-refractivity contribution is 4.89. The molecule has 1 nitrogen and oxygen atoms in total. The van der Waals surface area contributed by atoms with Crippen molar-refractivity contribution in [1.29, 1.82) is 0 Å². The Hall–Kier alpha value is -0.0400. The average Bonchev–Trinajstić information content (AvgIpc) is 2.02. The zero-order valence-corrected chi connectivity index (χ0v) is 11.8. The van der Waals surface area contributed by atoms with E-state index in [4.69, 9.17) is 5.73 Å². The van der Waals surface area contributed by atoms with Crippen LogP contribution in [0.15, 0.2) is 0 Å². The van der Waals surface area contributed by atoms with Crippen molar-refractivity contribution in [2.75, 3.05) is 0 Å². The molecule has 0 aliphatic heterocycles. The van der Waals surface area contributed by atoms with Gasteiger partial charge in [0.2, 0.25) is 0 Å². The van der Waals surface area contributed by atoms with Crippen molar-refractivity contribution in [2.45, 2.75) is 67.3 Å². The van der Waals surface area contributed by atoms with Gasteiger partial charge in [0.15, 0.2) is 0 Å². The largest absolute Gasteiger partial charge is 0.327 e. The molecule has 0 heterocycles. The smallest absolute Gasteiger partial charge is 0.0124 e. The van der Waals surface area contributed by atoms with Gasteiger partial charge >= 0.3 is 0 Å². The Kier molecular flexibility index (Phi) is 5.87. The Bertz CT molecular complexity index is 162. The molecular weight excluding hydrogens is 182 g/mol. The van der Waals surface area contributed by atoms with Gasteiger partial charge in [-0.2, -0.15) is 0 Å². The molecule has 0 amide bonds. The van der Waals surface area contributed by atoms with Gasteiger partial charge in [-0.25, -0.2) is 0 Å². The van der Waals surface area contributed by atoms with E-state index in [1.165, 1.54) is 12.8 Å². The van der Waals surface area contributed by atoms with E-state index in [-0.39, 0.29) is 5.41 Å². The maximum atomic E-state index is 6.48. The Balaban J connectivity index is 4.69. The fraction of sp³-hybridized carbons (Fsp3) is 1.00. The second-order valence-electron chi connectivity index (χ2n) is 6.33. The number of rotatable bonds is 6. The van der Waals surface area contributed by atoms with Crippen molar-refractivity contribution < 1.29 is 0 Å². The van der Waals surface area contributed by atoms with Crippen LogP contribution in [-0.4, -0.2) is 6.04 Å². The summed E-state index contributed by atoms with van der Waals surface area (Å²) in [6.45, 7) is 16.1. The average molecular weight is 213 g/mol. The number of hydrogen-bond donors (Lipinski definition) is 1. The van der Waals surface area contributed by atoms with Gasteiger partial charge in [-0.15, -0.1) is 0 Å². The Morgan fingerprint density at radius 3 is 1.67 bits per heavy atom. The fourth-order valence-electron chi connectivity index (χ4n) is 2.93. The summed E-state index contributed by atoms with van der Waals surface area (Å²) in [5.41, 5.74) is 6.76. The summed E-state index contributed by atoms with van der Waals surface area (Å²) < 4.78 is 0. The van der Waals surface area contributed by atoms with Gasteiger partial charge in [0.1, 0.15) is 0 Å². The molecule has 0 spiro atoms. The lowest BCUT2D eigenvalue weighted by Crippen LogP contribution is -2.47. The van der Waals surface area contributed by atoms with Gasteiger partial charge in [0, 0.05) is 6.04 Å². The molecule has 0 aromatic carbocycles. The highest BCUT2D eigenvalue weighted by Crippen LogP contribution is 2.36.